The molecule has 8 heteroatoms. The predicted octanol–water partition coefficient (Wildman–Crippen LogP) is 3.68. The van der Waals surface area contributed by atoms with E-state index >= 15 is 0 Å². The highest BCUT2D eigenvalue weighted by Crippen LogP contribution is 2.15. The molecule has 1 rings (SSSR count). The van der Waals surface area contributed by atoms with Crippen molar-refractivity contribution in [2.75, 3.05) is 6.61 Å². The average Bonchev–Trinajstić information content (AvgIpc) is 2.61. The second-order valence-electron chi connectivity index (χ2n) is 5.53. The van der Waals surface area contributed by atoms with Gasteiger partial charge in [0.1, 0.15) is 12.2 Å². The minimum atomic E-state index is -0.902. The highest BCUT2D eigenvalue weighted by Gasteiger charge is 2.16. The van der Waals surface area contributed by atoms with E-state index in [1.807, 2.05) is 6.92 Å². The summed E-state index contributed by atoms with van der Waals surface area (Å²) >= 11 is 0. The molecule has 0 heterocycles. The largest absolute Gasteiger partial charge is 0.462 e. The monoisotopic (exact) mass is 374 g/mol. The Bertz CT molecular complexity index is 750. The zero-order valence-electron chi connectivity index (χ0n) is 15.6. The van der Waals surface area contributed by atoms with Gasteiger partial charge in [-0.1, -0.05) is 13.3 Å². The van der Waals surface area contributed by atoms with Gasteiger partial charge in [0, 0.05) is 0 Å². The molecular formula is C19H22N2O6. The van der Waals surface area contributed by atoms with Crippen LogP contribution < -0.4 is 0 Å². The lowest BCUT2D eigenvalue weighted by atomic mass is 10.2. The SMILES string of the molecule is CCCC(=CN=Nc1ccc(C(=O)OCC)cc1)C(=O)OC(=O)CC(C)=O. The summed E-state index contributed by atoms with van der Waals surface area (Å²) in [5.74, 6) is -2.57. The van der Waals surface area contributed by atoms with Gasteiger partial charge in [0.25, 0.3) is 0 Å². The van der Waals surface area contributed by atoms with E-state index in [4.69, 9.17) is 4.74 Å². The van der Waals surface area contributed by atoms with Crippen LogP contribution in [0.25, 0.3) is 0 Å². The van der Waals surface area contributed by atoms with Gasteiger partial charge >= 0.3 is 17.9 Å². The lowest BCUT2D eigenvalue weighted by Crippen LogP contribution is -2.16. The minimum Gasteiger partial charge on any atom is -0.462 e. The molecule has 0 atom stereocenters. The third-order valence-electron chi connectivity index (χ3n) is 3.15. The summed E-state index contributed by atoms with van der Waals surface area (Å²) in [4.78, 5) is 45.8. The molecule has 0 aliphatic rings. The standard InChI is InChI=1S/C19H22N2O6/c1-4-6-15(19(25)27-17(23)11-13(3)22)12-20-21-16-9-7-14(8-10-16)18(24)26-5-2/h7-10,12H,4-6,11H2,1-3H3. The fourth-order valence-electron chi connectivity index (χ4n) is 1.94. The van der Waals surface area contributed by atoms with Crippen LogP contribution >= 0.6 is 0 Å². The van der Waals surface area contributed by atoms with E-state index in [1.165, 1.54) is 13.1 Å². The zero-order chi connectivity index (χ0) is 20.2. The first kappa shape index (κ1) is 21.9. The van der Waals surface area contributed by atoms with Crippen molar-refractivity contribution in [3.8, 4) is 0 Å². The maximum absolute atomic E-state index is 12.0. The van der Waals surface area contributed by atoms with Crippen molar-refractivity contribution in [2.45, 2.75) is 40.0 Å². The van der Waals surface area contributed by atoms with E-state index in [-0.39, 0.29) is 18.0 Å². The van der Waals surface area contributed by atoms with Gasteiger partial charge < -0.3 is 9.47 Å². The summed E-state index contributed by atoms with van der Waals surface area (Å²) in [6.45, 7) is 5.09. The molecule has 27 heavy (non-hydrogen) atoms. The van der Waals surface area contributed by atoms with Crippen LogP contribution in [0, 0.1) is 0 Å². The first-order valence-corrected chi connectivity index (χ1v) is 8.48. The maximum atomic E-state index is 12.0. The molecule has 0 N–H and O–H groups in total. The fourth-order valence-corrected chi connectivity index (χ4v) is 1.94. The number of benzene rings is 1. The van der Waals surface area contributed by atoms with Gasteiger partial charge in [-0.25, -0.2) is 9.59 Å². The van der Waals surface area contributed by atoms with Crippen LogP contribution in [0.2, 0.25) is 0 Å². The number of esters is 3. The van der Waals surface area contributed by atoms with Crippen molar-refractivity contribution in [3.05, 3.63) is 41.6 Å². The summed E-state index contributed by atoms with van der Waals surface area (Å²) in [6, 6.07) is 6.27. The van der Waals surface area contributed by atoms with Gasteiger partial charge in [-0.3, -0.25) is 9.59 Å². The number of carbonyl (C=O) groups excluding carboxylic acids is 4. The number of Topliss-reactive ketones (excluding diaryl/α,β-unsaturated/α-hetero) is 1. The first-order chi connectivity index (χ1) is 12.9. The van der Waals surface area contributed by atoms with Crippen LogP contribution in [0.3, 0.4) is 0 Å². The molecule has 0 saturated carbocycles. The number of hydrogen-bond donors (Lipinski definition) is 0. The Hall–Kier alpha value is -3.16. The first-order valence-electron chi connectivity index (χ1n) is 8.48. The smallest absolute Gasteiger partial charge is 0.343 e. The van der Waals surface area contributed by atoms with Crippen molar-refractivity contribution < 1.29 is 28.7 Å². The zero-order valence-corrected chi connectivity index (χ0v) is 15.6. The molecule has 0 amide bonds. The fraction of sp³-hybridized carbons (Fsp3) is 0.368. The molecular weight excluding hydrogens is 352 g/mol. The van der Waals surface area contributed by atoms with Crippen LogP contribution in [-0.2, 0) is 23.9 Å². The summed E-state index contributed by atoms with van der Waals surface area (Å²) < 4.78 is 9.51. The van der Waals surface area contributed by atoms with E-state index in [9.17, 15) is 19.2 Å². The summed E-state index contributed by atoms with van der Waals surface area (Å²) in [5, 5.41) is 7.76. The third-order valence-corrected chi connectivity index (χ3v) is 3.15. The molecule has 0 bridgehead atoms. The second kappa shape index (κ2) is 11.5. The van der Waals surface area contributed by atoms with Crippen LogP contribution in [0.4, 0.5) is 5.69 Å². The third kappa shape index (κ3) is 8.17. The normalized spacial score (nSPS) is 11.3. The number of azo groups is 1. The minimum absolute atomic E-state index is 0.168. The molecule has 0 spiro atoms. The maximum Gasteiger partial charge on any atom is 0.343 e. The van der Waals surface area contributed by atoms with Crippen LogP contribution in [0.5, 0.6) is 0 Å². The van der Waals surface area contributed by atoms with Crippen molar-refractivity contribution in [2.24, 2.45) is 10.2 Å². The van der Waals surface area contributed by atoms with E-state index in [1.54, 1.807) is 31.2 Å². The topological polar surface area (TPSA) is 111 Å². The van der Waals surface area contributed by atoms with Gasteiger partial charge in [0.15, 0.2) is 0 Å². The molecule has 8 nitrogen and oxygen atoms in total. The Kier molecular flexibility index (Phi) is 9.28. The van der Waals surface area contributed by atoms with Crippen LogP contribution in [-0.4, -0.2) is 30.3 Å². The Morgan fingerprint density at radius 3 is 2.30 bits per heavy atom. The van der Waals surface area contributed by atoms with Crippen LogP contribution in [0.1, 0.15) is 50.4 Å². The average molecular weight is 374 g/mol. The molecule has 0 unspecified atom stereocenters. The van der Waals surface area contributed by atoms with Crippen molar-refractivity contribution >= 4 is 29.4 Å². The number of hydrogen-bond acceptors (Lipinski definition) is 8. The Balaban J connectivity index is 2.79. The molecule has 0 radical (unpaired) electrons. The van der Waals surface area contributed by atoms with E-state index in [2.05, 4.69) is 15.0 Å². The molecule has 144 valence electrons. The highest BCUT2D eigenvalue weighted by molar-refractivity contribution is 6.02. The van der Waals surface area contributed by atoms with Crippen LogP contribution in [0.15, 0.2) is 46.3 Å². The molecule has 0 aliphatic heterocycles. The summed E-state index contributed by atoms with van der Waals surface area (Å²) in [7, 11) is 0. The molecule has 1 aromatic rings. The Morgan fingerprint density at radius 2 is 1.74 bits per heavy atom. The molecule has 1 aromatic carbocycles. The number of ketones is 1. The molecule has 0 aromatic heterocycles. The van der Waals surface area contributed by atoms with E-state index in [0.29, 0.717) is 24.1 Å². The van der Waals surface area contributed by atoms with Gasteiger partial charge in [0.2, 0.25) is 0 Å². The van der Waals surface area contributed by atoms with Gasteiger partial charge in [-0.2, -0.15) is 10.2 Å². The quantitative estimate of drug-likeness (QED) is 0.282. The van der Waals surface area contributed by atoms with Crippen molar-refractivity contribution in [1.82, 2.24) is 0 Å². The lowest BCUT2D eigenvalue weighted by molar-refractivity contribution is -0.157. The Labute approximate surface area is 157 Å². The predicted molar refractivity (Wildman–Crippen MR) is 96.3 cm³/mol. The lowest BCUT2D eigenvalue weighted by Gasteiger charge is -2.04. The molecule has 0 saturated heterocycles. The summed E-state index contributed by atoms with van der Waals surface area (Å²) in [6.07, 6.45) is 1.73. The van der Waals surface area contributed by atoms with Gasteiger partial charge in [0.05, 0.1) is 29.6 Å². The highest BCUT2D eigenvalue weighted by atomic mass is 16.6. The Morgan fingerprint density at radius 1 is 1.07 bits per heavy atom. The second-order valence-corrected chi connectivity index (χ2v) is 5.53. The number of rotatable bonds is 9. The molecule has 0 fully saturated rings. The number of ether oxygens (including phenoxy) is 2. The number of carbonyl (C=O) groups is 4. The van der Waals surface area contributed by atoms with Crippen molar-refractivity contribution in [3.63, 3.8) is 0 Å². The summed E-state index contributed by atoms with van der Waals surface area (Å²) in [5.41, 5.74) is 1.03. The van der Waals surface area contributed by atoms with Crippen molar-refractivity contribution in [1.29, 1.82) is 0 Å². The van der Waals surface area contributed by atoms with E-state index < -0.39 is 24.3 Å². The van der Waals surface area contributed by atoms with Gasteiger partial charge in [-0.05, 0) is 44.5 Å². The molecule has 0 aliphatic carbocycles. The van der Waals surface area contributed by atoms with E-state index in [0.717, 1.165) is 0 Å². The number of nitrogens with zero attached hydrogens (tertiary/aromatic N) is 2. The van der Waals surface area contributed by atoms with Gasteiger partial charge in [-0.15, -0.1) is 0 Å².